The van der Waals surface area contributed by atoms with Crippen LogP contribution in [0.1, 0.15) is 24.5 Å². The predicted molar refractivity (Wildman–Crippen MR) is 112 cm³/mol. The lowest BCUT2D eigenvalue weighted by Gasteiger charge is -2.28. The summed E-state index contributed by atoms with van der Waals surface area (Å²) < 4.78 is 0. The van der Waals surface area contributed by atoms with E-state index in [9.17, 15) is 9.59 Å². The number of aryl methyl sites for hydroxylation is 2. The number of carbonyl (C=O) groups is 2. The molecule has 9 heteroatoms. The van der Waals surface area contributed by atoms with Crippen LogP contribution in [0.15, 0.2) is 28.9 Å². The van der Waals surface area contributed by atoms with Gasteiger partial charge in [0.25, 0.3) is 5.91 Å². The van der Waals surface area contributed by atoms with Crippen molar-refractivity contribution < 1.29 is 9.59 Å². The van der Waals surface area contributed by atoms with Crippen LogP contribution in [-0.4, -0.2) is 44.1 Å². The minimum absolute atomic E-state index is 0.106. The van der Waals surface area contributed by atoms with Gasteiger partial charge in [0.2, 0.25) is 5.91 Å². The van der Waals surface area contributed by atoms with E-state index < -0.39 is 0 Å². The Hall–Kier alpha value is -2.91. The lowest BCUT2D eigenvalue weighted by Crippen LogP contribution is -2.55. The largest absolute Gasteiger partial charge is 0.336 e. The summed E-state index contributed by atoms with van der Waals surface area (Å²) in [5.41, 5.74) is 8.90. The van der Waals surface area contributed by atoms with Gasteiger partial charge in [-0.05, 0) is 44.0 Å². The number of nitrogens with one attached hydrogen (secondary N) is 5. The molecule has 0 bridgehead atoms. The van der Waals surface area contributed by atoms with Crippen molar-refractivity contribution in [2.24, 2.45) is 10.7 Å². The van der Waals surface area contributed by atoms with Gasteiger partial charge in [0.1, 0.15) is 6.17 Å². The highest BCUT2D eigenvalue weighted by Gasteiger charge is 2.25. The molecule has 0 aromatic heterocycles. The van der Waals surface area contributed by atoms with E-state index in [1.54, 1.807) is 19.3 Å². The number of aliphatic imine (C=N–C) groups is 1. The van der Waals surface area contributed by atoms with Crippen molar-refractivity contribution in [3.63, 3.8) is 0 Å². The normalized spacial score (nSPS) is 17.4. The number of benzene rings is 1. The summed E-state index contributed by atoms with van der Waals surface area (Å²) in [5, 5.41) is 15.1. The second kappa shape index (κ2) is 9.86. The van der Waals surface area contributed by atoms with E-state index in [1.165, 1.54) is 0 Å². The topological polar surface area (TPSA) is 133 Å². The van der Waals surface area contributed by atoms with Gasteiger partial charge in [-0.15, -0.1) is 0 Å². The van der Waals surface area contributed by atoms with Crippen LogP contribution < -0.4 is 32.3 Å². The number of carbonyl (C=O) groups excluding carboxylic acids is 2. The SMILES string of the molecule is CCCNC1NC(=NC)NC=C1C(=O)Nc1cc(NC(=O)CN)c(C)cc1C. The molecule has 1 aromatic carbocycles. The number of anilines is 2. The average Bonchev–Trinajstić information content (AvgIpc) is 2.69. The molecular weight excluding hydrogens is 358 g/mol. The van der Waals surface area contributed by atoms with Crippen LogP contribution in [0.4, 0.5) is 11.4 Å². The maximum absolute atomic E-state index is 12.9. The van der Waals surface area contributed by atoms with Crippen LogP contribution in [0.3, 0.4) is 0 Å². The Kier molecular flexibility index (Phi) is 7.53. The van der Waals surface area contributed by atoms with Crippen molar-refractivity contribution in [2.75, 3.05) is 30.8 Å². The first-order valence-corrected chi connectivity index (χ1v) is 9.25. The average molecular weight is 387 g/mol. The van der Waals surface area contributed by atoms with Gasteiger partial charge in [-0.25, -0.2) is 0 Å². The van der Waals surface area contributed by atoms with E-state index in [4.69, 9.17) is 5.73 Å². The van der Waals surface area contributed by atoms with E-state index in [-0.39, 0.29) is 24.5 Å². The second-order valence-electron chi connectivity index (χ2n) is 6.54. The quantitative estimate of drug-likeness (QED) is 0.404. The van der Waals surface area contributed by atoms with Gasteiger partial charge in [-0.1, -0.05) is 13.0 Å². The molecular formula is C19H29N7O2. The fourth-order valence-corrected chi connectivity index (χ4v) is 2.78. The molecule has 2 amide bonds. The lowest BCUT2D eigenvalue weighted by atomic mass is 10.1. The minimum atomic E-state index is -0.359. The van der Waals surface area contributed by atoms with Crippen molar-refractivity contribution in [2.45, 2.75) is 33.4 Å². The van der Waals surface area contributed by atoms with Crippen molar-refractivity contribution in [1.29, 1.82) is 0 Å². The van der Waals surface area contributed by atoms with Crippen LogP contribution >= 0.6 is 0 Å². The fraction of sp³-hybridized carbons (Fsp3) is 0.421. The van der Waals surface area contributed by atoms with Gasteiger partial charge in [0, 0.05) is 24.6 Å². The Morgan fingerprint density at radius 2 is 1.86 bits per heavy atom. The molecule has 2 rings (SSSR count). The molecule has 0 saturated carbocycles. The van der Waals surface area contributed by atoms with Crippen molar-refractivity contribution >= 4 is 29.1 Å². The molecule has 1 aliphatic rings. The highest BCUT2D eigenvalue weighted by atomic mass is 16.2. The molecule has 0 radical (unpaired) electrons. The van der Waals surface area contributed by atoms with E-state index in [2.05, 4.69) is 38.5 Å². The number of guanidine groups is 1. The first-order valence-electron chi connectivity index (χ1n) is 9.25. The number of nitrogens with zero attached hydrogens (tertiary/aromatic N) is 1. The molecule has 0 saturated heterocycles. The van der Waals surface area contributed by atoms with Gasteiger partial charge in [-0.2, -0.15) is 0 Å². The van der Waals surface area contributed by atoms with Gasteiger partial charge in [-0.3, -0.25) is 19.9 Å². The Morgan fingerprint density at radius 3 is 2.46 bits per heavy atom. The van der Waals surface area contributed by atoms with Gasteiger partial charge < -0.3 is 27.0 Å². The van der Waals surface area contributed by atoms with Crippen molar-refractivity contribution in [1.82, 2.24) is 16.0 Å². The summed E-state index contributed by atoms with van der Waals surface area (Å²) in [4.78, 5) is 28.6. The number of hydrogen-bond donors (Lipinski definition) is 6. The minimum Gasteiger partial charge on any atom is -0.336 e. The molecule has 0 spiro atoms. The maximum atomic E-state index is 12.9. The van der Waals surface area contributed by atoms with Gasteiger partial charge >= 0.3 is 0 Å². The highest BCUT2D eigenvalue weighted by molar-refractivity contribution is 6.07. The Balaban J connectivity index is 2.23. The lowest BCUT2D eigenvalue weighted by molar-refractivity contribution is -0.115. The molecule has 0 aliphatic carbocycles. The van der Waals surface area contributed by atoms with Gasteiger partial charge in [0.05, 0.1) is 12.1 Å². The zero-order valence-electron chi connectivity index (χ0n) is 16.8. The third kappa shape index (κ3) is 5.30. The third-order valence-corrected chi connectivity index (χ3v) is 4.32. The number of hydrogen-bond acceptors (Lipinski definition) is 5. The Labute approximate surface area is 165 Å². The molecule has 152 valence electrons. The first-order chi connectivity index (χ1) is 13.4. The van der Waals surface area contributed by atoms with E-state index >= 15 is 0 Å². The molecule has 1 heterocycles. The summed E-state index contributed by atoms with van der Waals surface area (Å²) in [6.45, 7) is 6.48. The molecule has 1 atom stereocenters. The Bertz CT molecular complexity index is 802. The molecule has 1 unspecified atom stereocenters. The zero-order chi connectivity index (χ0) is 20.7. The molecule has 0 fully saturated rings. The number of nitrogens with two attached hydrogens (primary N) is 1. The molecule has 1 aliphatic heterocycles. The first kappa shape index (κ1) is 21.4. The van der Waals surface area contributed by atoms with Crippen LogP contribution in [0.2, 0.25) is 0 Å². The van der Waals surface area contributed by atoms with Crippen LogP contribution in [-0.2, 0) is 9.59 Å². The van der Waals surface area contributed by atoms with E-state index in [0.29, 0.717) is 22.9 Å². The summed E-state index contributed by atoms with van der Waals surface area (Å²) in [6, 6.07) is 3.65. The standard InChI is InChI=1S/C19H29N7O2/c1-5-6-22-17-13(10-23-19(21-4)26-17)18(28)25-15-8-14(24-16(27)9-20)11(2)7-12(15)3/h7-8,10,17,22H,5-6,9,20H2,1-4H3,(H,24,27)(H,25,28)(H2,21,23,26). The van der Waals surface area contributed by atoms with Crippen LogP contribution in [0, 0.1) is 13.8 Å². The monoisotopic (exact) mass is 387 g/mol. The zero-order valence-corrected chi connectivity index (χ0v) is 16.8. The van der Waals surface area contributed by atoms with Crippen LogP contribution in [0.25, 0.3) is 0 Å². The number of rotatable bonds is 7. The summed E-state index contributed by atoms with van der Waals surface area (Å²) in [7, 11) is 1.66. The molecule has 7 N–H and O–H groups in total. The van der Waals surface area contributed by atoms with E-state index in [1.807, 2.05) is 19.9 Å². The predicted octanol–water partition coefficient (Wildman–Crippen LogP) is 0.527. The Morgan fingerprint density at radius 1 is 1.18 bits per heavy atom. The smallest absolute Gasteiger partial charge is 0.256 e. The van der Waals surface area contributed by atoms with Crippen molar-refractivity contribution in [3.05, 3.63) is 35.0 Å². The third-order valence-electron chi connectivity index (χ3n) is 4.32. The summed E-state index contributed by atoms with van der Waals surface area (Å²) in [6.07, 6.45) is 2.21. The highest BCUT2D eigenvalue weighted by Crippen LogP contribution is 2.25. The molecule has 28 heavy (non-hydrogen) atoms. The maximum Gasteiger partial charge on any atom is 0.256 e. The number of amides is 2. The second-order valence-corrected chi connectivity index (χ2v) is 6.54. The van der Waals surface area contributed by atoms with E-state index in [0.717, 1.165) is 24.1 Å². The van der Waals surface area contributed by atoms with Gasteiger partial charge in [0.15, 0.2) is 5.96 Å². The fourth-order valence-electron chi connectivity index (χ4n) is 2.78. The summed E-state index contributed by atoms with van der Waals surface area (Å²) in [5.74, 6) is 0.0399. The molecule has 1 aromatic rings. The van der Waals surface area contributed by atoms with Crippen LogP contribution in [0.5, 0.6) is 0 Å². The van der Waals surface area contributed by atoms with Crippen molar-refractivity contribution in [3.8, 4) is 0 Å². The summed E-state index contributed by atoms with van der Waals surface area (Å²) >= 11 is 0. The molecule has 9 nitrogen and oxygen atoms in total.